The van der Waals surface area contributed by atoms with E-state index in [9.17, 15) is 69.0 Å². The lowest BCUT2D eigenvalue weighted by atomic mass is 9.95. The lowest BCUT2D eigenvalue weighted by Crippen LogP contribution is -2.71. The molecule has 0 bridgehead atoms. The number of phenols is 3. The molecule has 3 aromatic carbocycles. The molecule has 75 heavy (non-hydrogen) atoms. The van der Waals surface area contributed by atoms with Crippen LogP contribution < -0.4 is 43.0 Å². The van der Waals surface area contributed by atoms with Gasteiger partial charge in [0.15, 0.2) is 0 Å². The Morgan fingerprint density at radius 3 is 1.33 bits per heavy atom. The number of aromatic hydroxyl groups is 3. The van der Waals surface area contributed by atoms with Crippen LogP contribution in [0.15, 0.2) is 72.8 Å². The number of carboxylic acid groups (broad SMARTS) is 3. The topological polar surface area (TPSA) is 388 Å². The van der Waals surface area contributed by atoms with Gasteiger partial charge in [-0.05, 0) is 94.6 Å². The minimum absolute atomic E-state index is 0.0142. The molecule has 4 saturated heterocycles. The summed E-state index contributed by atoms with van der Waals surface area (Å²) in [5.74, 6) is -10.2. The molecule has 4 heterocycles. The van der Waals surface area contributed by atoms with Gasteiger partial charge < -0.3 is 67.9 Å². The van der Waals surface area contributed by atoms with Gasteiger partial charge in [-0.1, -0.05) is 36.4 Å². The maximum Gasteiger partial charge on any atom is 0.327 e. The van der Waals surface area contributed by atoms with E-state index in [1.165, 1.54) is 72.8 Å². The number of hydrogen-bond donors (Lipinski definition) is 14. The van der Waals surface area contributed by atoms with E-state index in [0.29, 0.717) is 0 Å². The minimum Gasteiger partial charge on any atom is -0.508 e. The van der Waals surface area contributed by atoms with Gasteiger partial charge in [0.2, 0.25) is 35.4 Å². The Labute approximate surface area is 441 Å². The molecule has 15 N–H and O–H groups in total. The second-order valence-corrected chi connectivity index (χ2v) is 25.2. The maximum absolute atomic E-state index is 15.1. The van der Waals surface area contributed by atoms with Crippen LogP contribution in [-0.4, -0.2) is 156 Å². The largest absolute Gasteiger partial charge is 0.508 e. The fourth-order valence-corrected chi connectivity index (χ4v) is 13.9. The molecule has 3 aromatic rings. The molecule has 12 unspecified atom stereocenters. The molecule has 0 aromatic heterocycles. The van der Waals surface area contributed by atoms with Crippen LogP contribution in [0.25, 0.3) is 0 Å². The number of carbonyl (C=O) groups is 9. The molecule has 6 amide bonds. The number of thioether (sulfide) groups is 3. The van der Waals surface area contributed by atoms with Gasteiger partial charge in [-0.15, -0.1) is 35.3 Å². The lowest BCUT2D eigenvalue weighted by molar-refractivity contribution is -0.161. The Morgan fingerprint density at radius 1 is 0.533 bits per heavy atom. The minimum atomic E-state index is -1.81. The first kappa shape index (κ1) is 56.0. The summed E-state index contributed by atoms with van der Waals surface area (Å²) in [6, 6.07) is 2.01. The quantitative estimate of drug-likeness (QED) is 0.0740. The normalized spacial score (nSPS) is 25.9. The SMILES string of the molecule is CC1(C)SC(C(NC(=O)C(N)c2ccc(O)cc2)C(=O)NC(C(=O)NC(C(=O)NC(C(=O)NC2C(=O)N3C2SC(C)(C)C3C(=O)O)c2ccc(O)cc2)c2ccc(O)cc2)C2NC(C(=O)O)C(C)(C)S2)NC1C(=O)O. The van der Waals surface area contributed by atoms with Crippen LogP contribution in [0.4, 0.5) is 0 Å². The molecule has 12 atom stereocenters. The lowest BCUT2D eigenvalue weighted by Gasteiger charge is -2.44. The van der Waals surface area contributed by atoms with Gasteiger partial charge in [0.25, 0.3) is 0 Å². The number of hydrogen-bond acceptors (Lipinski definition) is 18. The predicted molar refractivity (Wildman–Crippen MR) is 273 cm³/mol. The van der Waals surface area contributed by atoms with Crippen molar-refractivity contribution in [1.29, 1.82) is 0 Å². The zero-order valence-electron chi connectivity index (χ0n) is 41.0. The van der Waals surface area contributed by atoms with Crippen molar-refractivity contribution >= 4 is 88.6 Å². The zero-order chi connectivity index (χ0) is 55.2. The summed E-state index contributed by atoms with van der Waals surface area (Å²) in [5, 5.41) is 76.0. The standard InChI is InChI=1S/C48H57N9O15S3/c1-46(2)31(43(67)68)55-39(73-46)28(52-34(61)25(49)19-7-13-22(58)14-8-19)38(65)53-29(40-56-32(44(69)70)47(3,4)74-40)37(64)51-26(20-9-15-23(59)16-10-20)35(62)50-27(21-11-17-24(60)18-12-21)36(63)54-30-41(66)57-33(45(71)72)48(5,6)75-42(30)57/h7-18,25-33,39-40,42,55-56,58-60H,49H2,1-6H3,(H,50,62)(H,51,64)(H,52,61)(H,53,65)(H,54,63)(H,67,68)(H,69,70)(H,71,72). The molecular weight excluding hydrogens is 1040 g/mol. The molecule has 0 spiro atoms. The maximum atomic E-state index is 15.1. The van der Waals surface area contributed by atoms with Gasteiger partial charge in [0.05, 0.1) is 10.7 Å². The number of phenolic OH excluding ortho intramolecular Hbond substituents is 3. The van der Waals surface area contributed by atoms with Gasteiger partial charge in [-0.3, -0.25) is 49.0 Å². The first-order chi connectivity index (χ1) is 35.0. The highest BCUT2D eigenvalue weighted by molar-refractivity contribution is 8.02. The van der Waals surface area contributed by atoms with Crippen molar-refractivity contribution in [2.24, 2.45) is 5.73 Å². The van der Waals surface area contributed by atoms with Crippen LogP contribution in [0.5, 0.6) is 17.2 Å². The monoisotopic (exact) mass is 1100 g/mol. The molecule has 4 aliphatic rings. The van der Waals surface area contributed by atoms with Crippen LogP contribution in [-0.2, 0) is 43.2 Å². The molecular formula is C48H57N9O15S3. The fraction of sp³-hybridized carbons (Fsp3) is 0.438. The number of benzene rings is 3. The number of carboxylic acids is 3. The van der Waals surface area contributed by atoms with E-state index >= 15 is 4.79 Å². The van der Waals surface area contributed by atoms with E-state index < -0.39 is 138 Å². The Kier molecular flexibility index (Phi) is 16.0. The number of nitrogens with one attached hydrogen (secondary N) is 7. The molecule has 0 aliphatic carbocycles. The Bertz CT molecular complexity index is 2770. The number of β-lactam (4-membered cyclic amide) rings is 1. The number of rotatable bonds is 18. The average Bonchev–Trinajstić information content (AvgIpc) is 3.94. The van der Waals surface area contributed by atoms with Gasteiger partial charge in [0.1, 0.15) is 77.0 Å². The van der Waals surface area contributed by atoms with Crippen LogP contribution in [0, 0.1) is 0 Å². The molecule has 4 aliphatic heterocycles. The van der Waals surface area contributed by atoms with Crippen molar-refractivity contribution in [1.82, 2.24) is 42.1 Å². The van der Waals surface area contributed by atoms with Crippen molar-refractivity contribution in [3.05, 3.63) is 89.5 Å². The average molecular weight is 1100 g/mol. The molecule has 27 heteroatoms. The summed E-state index contributed by atoms with van der Waals surface area (Å²) < 4.78 is -3.17. The van der Waals surface area contributed by atoms with Crippen LogP contribution in [0.3, 0.4) is 0 Å². The van der Waals surface area contributed by atoms with Crippen molar-refractivity contribution in [2.75, 3.05) is 0 Å². The number of fused-ring (bicyclic) bond motifs is 1. The van der Waals surface area contributed by atoms with E-state index in [4.69, 9.17) is 5.73 Å². The van der Waals surface area contributed by atoms with Gasteiger partial charge in [-0.25, -0.2) is 4.79 Å². The zero-order valence-corrected chi connectivity index (χ0v) is 43.4. The number of amides is 6. The first-order valence-electron chi connectivity index (χ1n) is 23.2. The summed E-state index contributed by atoms with van der Waals surface area (Å²) in [4.78, 5) is 125. The fourth-order valence-electron chi connectivity index (χ4n) is 9.30. The molecule has 24 nitrogen and oxygen atoms in total. The second-order valence-electron chi connectivity index (χ2n) is 19.9. The molecule has 0 saturated carbocycles. The highest BCUT2D eigenvalue weighted by atomic mass is 32.2. The molecule has 0 radical (unpaired) electrons. The van der Waals surface area contributed by atoms with Crippen molar-refractivity contribution in [2.45, 2.75) is 126 Å². The summed E-state index contributed by atoms with van der Waals surface area (Å²) >= 11 is 3.10. The Morgan fingerprint density at radius 2 is 0.920 bits per heavy atom. The van der Waals surface area contributed by atoms with E-state index in [0.717, 1.165) is 40.2 Å². The van der Waals surface area contributed by atoms with E-state index in [1.807, 2.05) is 0 Å². The number of carbonyl (C=O) groups excluding carboxylic acids is 6. The molecule has 7 rings (SSSR count). The third-order valence-electron chi connectivity index (χ3n) is 13.2. The third kappa shape index (κ3) is 11.7. The van der Waals surface area contributed by atoms with E-state index in [-0.39, 0.29) is 33.9 Å². The summed E-state index contributed by atoms with van der Waals surface area (Å²) in [5.41, 5.74) is 6.64. The Balaban J connectivity index is 1.22. The highest BCUT2D eigenvalue weighted by Crippen LogP contribution is 2.51. The van der Waals surface area contributed by atoms with Crippen molar-refractivity contribution in [3.8, 4) is 17.2 Å². The first-order valence-corrected chi connectivity index (χ1v) is 25.9. The van der Waals surface area contributed by atoms with Gasteiger partial charge in [0, 0.05) is 14.2 Å². The van der Waals surface area contributed by atoms with Crippen LogP contribution >= 0.6 is 35.3 Å². The molecule has 4 fully saturated rings. The number of aliphatic carboxylic acids is 3. The Hall–Kier alpha value is -6.78. The summed E-state index contributed by atoms with van der Waals surface area (Å²) in [6.45, 7) is 9.65. The smallest absolute Gasteiger partial charge is 0.327 e. The van der Waals surface area contributed by atoms with Crippen LogP contribution in [0.2, 0.25) is 0 Å². The third-order valence-corrected chi connectivity index (χ3v) is 17.8. The van der Waals surface area contributed by atoms with Gasteiger partial charge in [-0.2, -0.15) is 0 Å². The second kappa shape index (κ2) is 21.5. The van der Waals surface area contributed by atoms with Crippen molar-refractivity contribution in [3.63, 3.8) is 0 Å². The predicted octanol–water partition coefficient (Wildman–Crippen LogP) is -0.0919. The number of nitrogens with zero attached hydrogens (tertiary/aromatic N) is 1. The molecule has 402 valence electrons. The van der Waals surface area contributed by atoms with Crippen LogP contribution in [0.1, 0.15) is 76.4 Å². The summed E-state index contributed by atoms with van der Waals surface area (Å²) in [7, 11) is 0. The highest BCUT2D eigenvalue weighted by Gasteiger charge is 2.64. The van der Waals surface area contributed by atoms with Crippen molar-refractivity contribution < 1.29 is 73.8 Å². The van der Waals surface area contributed by atoms with E-state index in [2.05, 4.69) is 37.2 Å². The summed E-state index contributed by atoms with van der Waals surface area (Å²) in [6.07, 6.45) is 0. The van der Waals surface area contributed by atoms with Gasteiger partial charge >= 0.3 is 17.9 Å². The number of nitrogens with two attached hydrogens (primary N) is 1. The van der Waals surface area contributed by atoms with E-state index in [1.54, 1.807) is 41.5 Å².